The predicted molar refractivity (Wildman–Crippen MR) is 171 cm³/mol. The summed E-state index contributed by atoms with van der Waals surface area (Å²) >= 11 is 0. The van der Waals surface area contributed by atoms with E-state index in [4.69, 9.17) is 0 Å². The number of rotatable bonds is 2. The predicted octanol–water partition coefficient (Wildman–Crippen LogP) is 8.54. The summed E-state index contributed by atoms with van der Waals surface area (Å²) in [5.41, 5.74) is 16.2. The average Bonchev–Trinajstić information content (AvgIpc) is 3.56. The van der Waals surface area contributed by atoms with Gasteiger partial charge < -0.3 is 9.13 Å². The van der Waals surface area contributed by atoms with Crippen LogP contribution in [0.5, 0.6) is 0 Å². The number of hydrogen-bond acceptors (Lipinski definition) is 2. The van der Waals surface area contributed by atoms with Crippen LogP contribution in [0.25, 0.3) is 66.1 Å². The molecule has 10 rings (SSSR count). The number of para-hydroxylation sites is 2. The number of pyridine rings is 2. The van der Waals surface area contributed by atoms with Crippen LogP contribution < -0.4 is 0 Å². The van der Waals surface area contributed by atoms with E-state index in [-0.39, 0.29) is 0 Å². The zero-order chi connectivity index (χ0) is 27.4. The van der Waals surface area contributed by atoms with Gasteiger partial charge in [0.05, 0.1) is 34.5 Å². The second-order valence-corrected chi connectivity index (χ2v) is 11.8. The van der Waals surface area contributed by atoms with Gasteiger partial charge in [-0.25, -0.2) is 0 Å². The highest BCUT2D eigenvalue weighted by Gasteiger charge is 2.28. The molecule has 0 amide bonds. The van der Waals surface area contributed by atoms with Crippen LogP contribution in [0, 0.1) is 0 Å². The maximum absolute atomic E-state index is 4.50. The first kappa shape index (κ1) is 22.5. The molecule has 0 saturated heterocycles. The van der Waals surface area contributed by atoms with Crippen LogP contribution in [0.2, 0.25) is 0 Å². The summed E-state index contributed by atoms with van der Waals surface area (Å²) in [5.74, 6) is 0. The van der Waals surface area contributed by atoms with Crippen LogP contribution in [0.1, 0.15) is 22.3 Å². The summed E-state index contributed by atoms with van der Waals surface area (Å²) in [5, 5.41) is 5.07. The molecule has 4 aromatic carbocycles. The van der Waals surface area contributed by atoms with Crippen molar-refractivity contribution < 1.29 is 0 Å². The minimum atomic E-state index is 1.05. The number of aryl methyl sites for hydroxylation is 4. The molecule has 8 aromatic rings. The monoisotopic (exact) mass is 538 g/mol. The van der Waals surface area contributed by atoms with Gasteiger partial charge >= 0.3 is 0 Å². The van der Waals surface area contributed by atoms with Crippen molar-refractivity contribution >= 4 is 43.6 Å². The first-order chi connectivity index (χ1) is 20.8. The molecule has 42 heavy (non-hydrogen) atoms. The van der Waals surface area contributed by atoms with E-state index in [1.54, 1.807) is 0 Å². The molecule has 0 N–H and O–H groups in total. The van der Waals surface area contributed by atoms with Crippen molar-refractivity contribution in [2.24, 2.45) is 0 Å². The normalized spacial score (nSPS) is 13.8. The standard InChI is InChI=1S/C38H26N4/c1-3-7-33-29(5-1)31-13-15-39-21-35(31)41(33)27-17-23-9-11-25-19-28(20-26-12-10-24(18-27)37(23)38(25)26)42-34-8-4-2-6-30(34)32-14-16-40-22-36(32)42/h1-8,13-22H,9-12H2. The van der Waals surface area contributed by atoms with E-state index in [0.29, 0.717) is 0 Å². The summed E-state index contributed by atoms with van der Waals surface area (Å²) in [6.07, 6.45) is 12.0. The summed E-state index contributed by atoms with van der Waals surface area (Å²) in [7, 11) is 0. The second-order valence-electron chi connectivity index (χ2n) is 11.8. The fourth-order valence-corrected chi connectivity index (χ4v) is 7.92. The van der Waals surface area contributed by atoms with E-state index in [9.17, 15) is 0 Å². The molecular formula is C38H26N4. The quantitative estimate of drug-likeness (QED) is 0.221. The lowest BCUT2D eigenvalue weighted by molar-refractivity contribution is 0.869. The van der Waals surface area contributed by atoms with E-state index >= 15 is 0 Å². The first-order valence-corrected chi connectivity index (χ1v) is 14.8. The van der Waals surface area contributed by atoms with Crippen LogP contribution in [-0.4, -0.2) is 19.1 Å². The Kier molecular flexibility index (Phi) is 4.37. The summed E-state index contributed by atoms with van der Waals surface area (Å²) in [4.78, 5) is 9.01. The fraction of sp³-hybridized carbons (Fsp3) is 0.105. The Morgan fingerprint density at radius 2 is 0.810 bits per heavy atom. The Morgan fingerprint density at radius 3 is 1.24 bits per heavy atom. The Bertz CT molecular complexity index is 2090. The van der Waals surface area contributed by atoms with E-state index in [2.05, 4.69) is 104 Å². The molecule has 2 aliphatic rings. The summed E-state index contributed by atoms with van der Waals surface area (Å²) in [6.45, 7) is 0. The summed E-state index contributed by atoms with van der Waals surface area (Å²) < 4.78 is 4.83. The van der Waals surface area contributed by atoms with Gasteiger partial charge in [-0.05, 0) is 108 Å². The number of nitrogens with zero attached hydrogens (tertiary/aromatic N) is 4. The van der Waals surface area contributed by atoms with Crippen molar-refractivity contribution in [1.82, 2.24) is 19.1 Å². The van der Waals surface area contributed by atoms with E-state index < -0.39 is 0 Å². The fourth-order valence-electron chi connectivity index (χ4n) is 7.92. The zero-order valence-corrected chi connectivity index (χ0v) is 23.0. The van der Waals surface area contributed by atoms with Gasteiger partial charge in [0.15, 0.2) is 0 Å². The van der Waals surface area contributed by atoms with Gasteiger partial charge in [-0.1, -0.05) is 36.4 Å². The van der Waals surface area contributed by atoms with Gasteiger partial charge in [0, 0.05) is 45.3 Å². The van der Waals surface area contributed by atoms with E-state index in [1.807, 2.05) is 24.8 Å². The molecule has 198 valence electrons. The number of fused-ring (bicyclic) bond motifs is 6. The average molecular weight is 539 g/mol. The molecule has 0 bridgehead atoms. The lowest BCUT2D eigenvalue weighted by Gasteiger charge is -2.31. The maximum Gasteiger partial charge on any atom is 0.0724 e. The van der Waals surface area contributed by atoms with Crippen molar-refractivity contribution in [2.75, 3.05) is 0 Å². The van der Waals surface area contributed by atoms with Crippen molar-refractivity contribution in [2.45, 2.75) is 25.7 Å². The molecule has 0 atom stereocenters. The summed E-state index contributed by atoms with van der Waals surface area (Å²) in [6, 6.07) is 31.5. The lowest BCUT2D eigenvalue weighted by atomic mass is 9.75. The molecular weight excluding hydrogens is 512 g/mol. The second kappa shape index (κ2) is 8.17. The first-order valence-electron chi connectivity index (χ1n) is 14.8. The van der Waals surface area contributed by atoms with Crippen molar-refractivity contribution in [3.05, 3.63) is 132 Å². The smallest absolute Gasteiger partial charge is 0.0724 e. The number of benzene rings is 4. The molecule has 0 unspecified atom stereocenters. The molecule has 0 aliphatic heterocycles. The molecule has 0 saturated carbocycles. The Hall–Kier alpha value is -5.22. The van der Waals surface area contributed by atoms with Gasteiger partial charge in [-0.3, -0.25) is 9.97 Å². The lowest BCUT2D eigenvalue weighted by Crippen LogP contribution is -2.16. The van der Waals surface area contributed by atoms with Gasteiger partial charge in [-0.15, -0.1) is 0 Å². The number of aromatic nitrogens is 4. The van der Waals surface area contributed by atoms with E-state index in [0.717, 1.165) is 25.7 Å². The molecule has 0 radical (unpaired) electrons. The molecule has 4 heterocycles. The molecule has 0 fully saturated rings. The van der Waals surface area contributed by atoms with Gasteiger partial charge in [0.2, 0.25) is 0 Å². The van der Waals surface area contributed by atoms with Crippen LogP contribution in [0.4, 0.5) is 0 Å². The Morgan fingerprint density at radius 1 is 0.429 bits per heavy atom. The Labute approximate surface area is 242 Å². The topological polar surface area (TPSA) is 35.6 Å². The maximum atomic E-state index is 4.50. The van der Waals surface area contributed by atoms with Crippen LogP contribution in [-0.2, 0) is 25.7 Å². The molecule has 2 aliphatic carbocycles. The van der Waals surface area contributed by atoms with Crippen molar-refractivity contribution in [3.63, 3.8) is 0 Å². The molecule has 4 heteroatoms. The number of hydrogen-bond donors (Lipinski definition) is 0. The Balaban J connectivity index is 1.18. The SMILES string of the molecule is c1ccc2c(c1)c1ccncc1n2-c1cc2c3c(c1)CCc1cc(-n4c5ccccc5c5ccncc54)cc(c1-3)CC2. The highest BCUT2D eigenvalue weighted by Crippen LogP contribution is 2.46. The third-order valence-electron chi connectivity index (χ3n) is 9.62. The van der Waals surface area contributed by atoms with Gasteiger partial charge in [-0.2, -0.15) is 0 Å². The molecule has 0 spiro atoms. The largest absolute Gasteiger partial charge is 0.308 e. The molecule has 4 aromatic heterocycles. The third kappa shape index (κ3) is 2.91. The highest BCUT2D eigenvalue weighted by molar-refractivity contribution is 6.10. The molecule has 4 nitrogen and oxygen atoms in total. The highest BCUT2D eigenvalue weighted by atomic mass is 15.0. The zero-order valence-electron chi connectivity index (χ0n) is 23.0. The van der Waals surface area contributed by atoms with Crippen LogP contribution in [0.15, 0.2) is 110 Å². The van der Waals surface area contributed by atoms with Crippen LogP contribution >= 0.6 is 0 Å². The minimum absolute atomic E-state index is 1.05. The van der Waals surface area contributed by atoms with E-state index in [1.165, 1.54) is 88.4 Å². The van der Waals surface area contributed by atoms with Crippen molar-refractivity contribution in [1.29, 1.82) is 0 Å². The third-order valence-corrected chi connectivity index (χ3v) is 9.62. The van der Waals surface area contributed by atoms with Crippen LogP contribution in [0.3, 0.4) is 0 Å². The van der Waals surface area contributed by atoms with Gasteiger partial charge in [0.25, 0.3) is 0 Å². The minimum Gasteiger partial charge on any atom is -0.308 e. The van der Waals surface area contributed by atoms with Crippen molar-refractivity contribution in [3.8, 4) is 22.5 Å². The van der Waals surface area contributed by atoms with Gasteiger partial charge in [0.1, 0.15) is 0 Å².